The molecule has 1 unspecified atom stereocenters. The van der Waals surface area contributed by atoms with E-state index in [1.807, 2.05) is 0 Å². The highest BCUT2D eigenvalue weighted by molar-refractivity contribution is 6.06. The number of halogens is 3. The zero-order chi connectivity index (χ0) is 16.4. The van der Waals surface area contributed by atoms with E-state index >= 15 is 0 Å². The van der Waals surface area contributed by atoms with Gasteiger partial charge in [0, 0.05) is 5.39 Å². The molecular weight excluding hydrogens is 313 g/mol. The van der Waals surface area contributed by atoms with Gasteiger partial charge in [-0.2, -0.15) is 13.2 Å². The summed E-state index contributed by atoms with van der Waals surface area (Å²) in [7, 11) is 0. The molecule has 1 aliphatic rings. The number of hydrogen-bond acceptors (Lipinski definition) is 4. The molecule has 0 amide bonds. The van der Waals surface area contributed by atoms with Gasteiger partial charge < -0.3 is 14.3 Å². The molecule has 1 atom stereocenters. The van der Waals surface area contributed by atoms with Crippen LogP contribution in [0, 0.1) is 0 Å². The highest BCUT2D eigenvalue weighted by Crippen LogP contribution is 2.48. The van der Waals surface area contributed by atoms with E-state index in [0.29, 0.717) is 5.39 Å². The number of alkyl halides is 3. The third-order valence-electron chi connectivity index (χ3n) is 4.06. The zero-order valence-corrected chi connectivity index (χ0v) is 11.5. The van der Waals surface area contributed by atoms with E-state index in [4.69, 9.17) is 9.15 Å². The summed E-state index contributed by atoms with van der Waals surface area (Å²) < 4.78 is 49.6. The number of ether oxygens (including phenoxy) is 1. The third-order valence-corrected chi connectivity index (χ3v) is 4.06. The Morgan fingerprint density at radius 1 is 1.09 bits per heavy atom. The molecule has 0 fully saturated rings. The van der Waals surface area contributed by atoms with Gasteiger partial charge in [-0.05, 0) is 11.5 Å². The van der Waals surface area contributed by atoms with Crippen LogP contribution < -0.4 is 10.4 Å². The Labute approximate surface area is 126 Å². The molecule has 4 nitrogen and oxygen atoms in total. The van der Waals surface area contributed by atoms with E-state index in [9.17, 15) is 23.1 Å². The molecule has 1 aliphatic heterocycles. The summed E-state index contributed by atoms with van der Waals surface area (Å²) in [6.07, 6.45) is -5.04. The van der Waals surface area contributed by atoms with Gasteiger partial charge in [0.15, 0.2) is 0 Å². The lowest BCUT2D eigenvalue weighted by Gasteiger charge is -2.23. The van der Waals surface area contributed by atoms with Gasteiger partial charge in [-0.3, -0.25) is 0 Å². The third kappa shape index (κ3) is 1.74. The number of benzene rings is 2. The molecule has 0 saturated heterocycles. The zero-order valence-electron chi connectivity index (χ0n) is 11.5. The molecule has 1 N–H and O–H groups in total. The minimum Gasteiger partial charge on any atom is -0.488 e. The molecule has 1 aromatic heterocycles. The van der Waals surface area contributed by atoms with E-state index in [0.717, 1.165) is 5.39 Å². The van der Waals surface area contributed by atoms with Gasteiger partial charge >= 0.3 is 11.8 Å². The number of aliphatic hydroxyl groups is 1. The van der Waals surface area contributed by atoms with Crippen LogP contribution in [0.3, 0.4) is 0 Å². The molecule has 0 bridgehead atoms. The normalized spacial score (nSPS) is 20.7. The topological polar surface area (TPSA) is 59.7 Å². The van der Waals surface area contributed by atoms with Crippen LogP contribution in [0.4, 0.5) is 13.2 Å². The van der Waals surface area contributed by atoms with Crippen molar-refractivity contribution >= 4 is 21.7 Å². The van der Waals surface area contributed by atoms with Gasteiger partial charge in [-0.25, -0.2) is 4.79 Å². The van der Waals surface area contributed by atoms with Crippen molar-refractivity contribution in [2.45, 2.75) is 11.8 Å². The summed E-state index contributed by atoms with van der Waals surface area (Å²) in [4.78, 5) is 12.1. The van der Waals surface area contributed by atoms with Crippen LogP contribution in [0.25, 0.3) is 21.7 Å². The Hall–Kier alpha value is -2.54. The van der Waals surface area contributed by atoms with Gasteiger partial charge in [-0.15, -0.1) is 0 Å². The van der Waals surface area contributed by atoms with E-state index < -0.39 is 29.6 Å². The van der Waals surface area contributed by atoms with Gasteiger partial charge in [0.1, 0.15) is 23.5 Å². The summed E-state index contributed by atoms with van der Waals surface area (Å²) in [5.74, 6) is -0.276. The lowest BCUT2D eigenvalue weighted by atomic mass is 9.95. The van der Waals surface area contributed by atoms with Crippen LogP contribution in [-0.2, 0) is 5.60 Å². The van der Waals surface area contributed by atoms with Crippen LogP contribution >= 0.6 is 0 Å². The standard InChI is InChI=1S/C16H9F3O4/c17-16(18,19)15(21)7-22-13-10-6-5-8-3-1-2-4-9(8)12(10)23-14(20)11(13)15/h1-6,21H,7H2. The van der Waals surface area contributed by atoms with Crippen molar-refractivity contribution in [2.24, 2.45) is 0 Å². The fraction of sp³-hybridized carbons (Fsp3) is 0.188. The summed E-state index contributed by atoms with van der Waals surface area (Å²) in [5.41, 5.74) is -5.37. The van der Waals surface area contributed by atoms with E-state index in [2.05, 4.69) is 0 Å². The van der Waals surface area contributed by atoms with Gasteiger partial charge in [0.05, 0.1) is 5.39 Å². The fourth-order valence-corrected chi connectivity index (χ4v) is 2.88. The van der Waals surface area contributed by atoms with Crippen LogP contribution in [0.1, 0.15) is 5.56 Å². The molecule has 2 heterocycles. The Kier molecular flexibility index (Phi) is 2.61. The second-order valence-corrected chi connectivity index (χ2v) is 5.40. The summed E-state index contributed by atoms with van der Waals surface area (Å²) in [5, 5.41) is 11.5. The molecule has 23 heavy (non-hydrogen) atoms. The van der Waals surface area contributed by atoms with Gasteiger partial charge in [-0.1, -0.05) is 30.3 Å². The van der Waals surface area contributed by atoms with Crippen molar-refractivity contribution in [3.63, 3.8) is 0 Å². The van der Waals surface area contributed by atoms with Crippen molar-refractivity contribution in [2.75, 3.05) is 6.61 Å². The van der Waals surface area contributed by atoms with E-state index in [-0.39, 0.29) is 16.7 Å². The molecular formula is C16H9F3O4. The minimum absolute atomic E-state index is 0.137. The maximum atomic E-state index is 13.1. The van der Waals surface area contributed by atoms with Gasteiger partial charge in [0.2, 0.25) is 5.60 Å². The Morgan fingerprint density at radius 2 is 1.83 bits per heavy atom. The molecule has 118 valence electrons. The fourth-order valence-electron chi connectivity index (χ4n) is 2.88. The van der Waals surface area contributed by atoms with Crippen molar-refractivity contribution in [1.29, 1.82) is 0 Å². The lowest BCUT2D eigenvalue weighted by molar-refractivity contribution is -0.268. The number of hydrogen-bond donors (Lipinski definition) is 1. The summed E-state index contributed by atoms with van der Waals surface area (Å²) >= 11 is 0. The molecule has 4 rings (SSSR count). The highest BCUT2D eigenvalue weighted by atomic mass is 19.4. The molecule has 0 spiro atoms. The summed E-state index contributed by atoms with van der Waals surface area (Å²) in [6.45, 7) is -1.07. The van der Waals surface area contributed by atoms with Crippen molar-refractivity contribution in [3.05, 3.63) is 52.4 Å². The maximum Gasteiger partial charge on any atom is 0.425 e. The van der Waals surface area contributed by atoms with Crippen LogP contribution in [0.15, 0.2) is 45.6 Å². The predicted octanol–water partition coefficient (Wildman–Crippen LogP) is 3.09. The van der Waals surface area contributed by atoms with Crippen LogP contribution in [0.5, 0.6) is 5.75 Å². The molecule has 7 heteroatoms. The largest absolute Gasteiger partial charge is 0.488 e. The molecule has 0 saturated carbocycles. The van der Waals surface area contributed by atoms with E-state index in [1.165, 1.54) is 6.07 Å². The number of rotatable bonds is 0. The first kappa shape index (κ1) is 14.1. The first-order valence-electron chi connectivity index (χ1n) is 6.74. The van der Waals surface area contributed by atoms with Crippen LogP contribution in [-0.4, -0.2) is 17.9 Å². The van der Waals surface area contributed by atoms with Crippen molar-refractivity contribution in [1.82, 2.24) is 0 Å². The Morgan fingerprint density at radius 3 is 2.57 bits per heavy atom. The lowest BCUT2D eigenvalue weighted by Crippen LogP contribution is -2.46. The Balaban J connectivity index is 2.14. The quantitative estimate of drug-likeness (QED) is 0.510. The second kappa shape index (κ2) is 4.26. The first-order chi connectivity index (χ1) is 10.8. The molecule has 0 aliphatic carbocycles. The number of fused-ring (bicyclic) bond motifs is 5. The van der Waals surface area contributed by atoms with Crippen molar-refractivity contribution < 1.29 is 27.4 Å². The SMILES string of the molecule is O=c1oc2c(ccc3ccccc32)c2c1C(O)(C(F)(F)F)CO2. The predicted molar refractivity (Wildman–Crippen MR) is 75.4 cm³/mol. The molecule has 2 aromatic carbocycles. The molecule has 3 aromatic rings. The molecule has 0 radical (unpaired) electrons. The first-order valence-corrected chi connectivity index (χ1v) is 6.74. The van der Waals surface area contributed by atoms with E-state index in [1.54, 1.807) is 30.3 Å². The second-order valence-electron chi connectivity index (χ2n) is 5.40. The smallest absolute Gasteiger partial charge is 0.425 e. The maximum absolute atomic E-state index is 13.1. The Bertz CT molecular complexity index is 1010. The monoisotopic (exact) mass is 322 g/mol. The average Bonchev–Trinajstić information content (AvgIpc) is 2.87. The highest BCUT2D eigenvalue weighted by Gasteiger charge is 2.62. The van der Waals surface area contributed by atoms with Crippen molar-refractivity contribution in [3.8, 4) is 5.75 Å². The van der Waals surface area contributed by atoms with Crippen LogP contribution in [0.2, 0.25) is 0 Å². The summed E-state index contributed by atoms with van der Waals surface area (Å²) in [6, 6.07) is 10.2. The minimum atomic E-state index is -5.04. The van der Waals surface area contributed by atoms with Gasteiger partial charge in [0.25, 0.3) is 0 Å². The average molecular weight is 322 g/mol.